The first-order chi connectivity index (χ1) is 9.78. The Bertz CT molecular complexity index is 617. The molecule has 0 spiro atoms. The van der Waals surface area contributed by atoms with Gasteiger partial charge in [0, 0.05) is 4.90 Å². The van der Waals surface area contributed by atoms with Gasteiger partial charge < -0.3 is 10.1 Å². The average Bonchev–Trinajstić information content (AvgIpc) is 2.92. The van der Waals surface area contributed by atoms with Crippen LogP contribution in [0.25, 0.3) is 0 Å². The predicted molar refractivity (Wildman–Crippen MR) is 81.4 cm³/mol. The molecule has 2 aromatic carbocycles. The van der Waals surface area contributed by atoms with Crippen molar-refractivity contribution in [2.45, 2.75) is 16.6 Å². The van der Waals surface area contributed by atoms with Crippen LogP contribution in [-0.2, 0) is 11.2 Å². The molecular weight excluding hydrogens is 270 g/mol. The Kier molecular flexibility index (Phi) is 3.65. The summed E-state index contributed by atoms with van der Waals surface area (Å²) in [6.07, 6.45) is 0.780. The van der Waals surface area contributed by atoms with Gasteiger partial charge in [-0.2, -0.15) is 0 Å². The summed E-state index contributed by atoms with van der Waals surface area (Å²) in [5, 5.41) is 2.88. The molecule has 2 aromatic rings. The Balaban J connectivity index is 1.72. The standard InChI is InChI=1S/C16H15NO2S/c1-19-13-8-4-3-7-12(13)17-16(18)15-10-11-6-2-5-9-14(11)20-15/h2-9,15H,10H2,1H3,(H,17,18). The molecule has 0 aromatic heterocycles. The van der Waals surface area contributed by atoms with Crippen LogP contribution in [0, 0.1) is 0 Å². The summed E-state index contributed by atoms with van der Waals surface area (Å²) in [6.45, 7) is 0. The van der Waals surface area contributed by atoms with Gasteiger partial charge in [0.05, 0.1) is 18.0 Å². The summed E-state index contributed by atoms with van der Waals surface area (Å²) in [4.78, 5) is 13.6. The van der Waals surface area contributed by atoms with E-state index in [4.69, 9.17) is 4.74 Å². The Labute approximate surface area is 122 Å². The summed E-state index contributed by atoms with van der Waals surface area (Å²) in [5.41, 5.74) is 1.97. The van der Waals surface area contributed by atoms with Crippen molar-refractivity contribution in [3.63, 3.8) is 0 Å². The molecule has 1 N–H and O–H groups in total. The van der Waals surface area contributed by atoms with Gasteiger partial charge >= 0.3 is 0 Å². The minimum Gasteiger partial charge on any atom is -0.495 e. The highest BCUT2D eigenvalue weighted by molar-refractivity contribution is 8.01. The summed E-state index contributed by atoms with van der Waals surface area (Å²) in [5.74, 6) is 0.706. The quantitative estimate of drug-likeness (QED) is 0.940. The van der Waals surface area contributed by atoms with E-state index in [1.165, 1.54) is 10.5 Å². The molecule has 1 aliphatic rings. The van der Waals surface area contributed by atoms with Crippen LogP contribution in [0.2, 0.25) is 0 Å². The zero-order valence-corrected chi connectivity index (χ0v) is 11.9. The fourth-order valence-corrected chi connectivity index (χ4v) is 3.48. The van der Waals surface area contributed by atoms with Crippen molar-refractivity contribution < 1.29 is 9.53 Å². The Morgan fingerprint density at radius 2 is 1.95 bits per heavy atom. The summed E-state index contributed by atoms with van der Waals surface area (Å²) >= 11 is 1.62. The Morgan fingerprint density at radius 3 is 2.75 bits per heavy atom. The first-order valence-electron chi connectivity index (χ1n) is 6.46. The third kappa shape index (κ3) is 2.51. The second-order valence-electron chi connectivity index (χ2n) is 4.61. The zero-order chi connectivity index (χ0) is 13.9. The van der Waals surface area contributed by atoms with Gasteiger partial charge in [-0.15, -0.1) is 11.8 Å². The number of nitrogens with one attached hydrogen (secondary N) is 1. The van der Waals surface area contributed by atoms with Crippen LogP contribution in [0.3, 0.4) is 0 Å². The van der Waals surface area contributed by atoms with Crippen LogP contribution < -0.4 is 10.1 Å². The normalized spacial score (nSPS) is 16.6. The van der Waals surface area contributed by atoms with E-state index in [9.17, 15) is 4.79 Å². The van der Waals surface area contributed by atoms with Crippen molar-refractivity contribution in [2.75, 3.05) is 12.4 Å². The molecule has 0 fully saturated rings. The largest absolute Gasteiger partial charge is 0.495 e. The number of carbonyl (C=O) groups is 1. The minimum absolute atomic E-state index is 0.0238. The molecule has 1 unspecified atom stereocenters. The molecule has 1 aliphatic heterocycles. The highest BCUT2D eigenvalue weighted by Crippen LogP contribution is 2.37. The number of hydrogen-bond acceptors (Lipinski definition) is 3. The second kappa shape index (κ2) is 5.59. The number of hydrogen-bond donors (Lipinski definition) is 1. The van der Waals surface area contributed by atoms with E-state index in [1.807, 2.05) is 36.4 Å². The number of methoxy groups -OCH3 is 1. The van der Waals surface area contributed by atoms with Crippen molar-refractivity contribution in [3.8, 4) is 5.75 Å². The van der Waals surface area contributed by atoms with Crippen LogP contribution >= 0.6 is 11.8 Å². The summed E-state index contributed by atoms with van der Waals surface area (Å²) < 4.78 is 5.25. The molecule has 1 amide bonds. The van der Waals surface area contributed by atoms with E-state index in [-0.39, 0.29) is 11.2 Å². The average molecular weight is 285 g/mol. The number of carbonyl (C=O) groups excluding carboxylic acids is 1. The monoisotopic (exact) mass is 285 g/mol. The predicted octanol–water partition coefficient (Wildman–Crippen LogP) is 3.35. The number of fused-ring (bicyclic) bond motifs is 1. The number of benzene rings is 2. The van der Waals surface area contributed by atoms with Crippen molar-refractivity contribution in [2.24, 2.45) is 0 Å². The molecule has 0 saturated heterocycles. The number of rotatable bonds is 3. The lowest BCUT2D eigenvalue weighted by molar-refractivity contribution is -0.115. The lowest BCUT2D eigenvalue weighted by Crippen LogP contribution is -2.24. The van der Waals surface area contributed by atoms with Crippen molar-refractivity contribution in [3.05, 3.63) is 54.1 Å². The molecule has 20 heavy (non-hydrogen) atoms. The molecule has 3 rings (SSSR count). The maximum atomic E-state index is 12.4. The number of anilines is 1. The smallest absolute Gasteiger partial charge is 0.238 e. The van der Waals surface area contributed by atoms with Crippen LogP contribution in [0.15, 0.2) is 53.4 Å². The molecule has 1 atom stereocenters. The van der Waals surface area contributed by atoms with Gasteiger partial charge in [-0.3, -0.25) is 4.79 Å². The molecule has 0 aliphatic carbocycles. The molecular formula is C16H15NO2S. The van der Waals surface area contributed by atoms with Crippen LogP contribution in [0.4, 0.5) is 5.69 Å². The summed E-state index contributed by atoms with van der Waals surface area (Å²) in [7, 11) is 1.60. The van der Waals surface area contributed by atoms with E-state index in [0.717, 1.165) is 12.1 Å². The Morgan fingerprint density at radius 1 is 1.20 bits per heavy atom. The van der Waals surface area contributed by atoms with Crippen molar-refractivity contribution in [1.29, 1.82) is 0 Å². The fourth-order valence-electron chi connectivity index (χ4n) is 2.29. The fraction of sp³-hybridized carbons (Fsp3) is 0.188. The van der Waals surface area contributed by atoms with Gasteiger partial charge in [0.1, 0.15) is 5.75 Å². The molecule has 102 valence electrons. The molecule has 3 nitrogen and oxygen atoms in total. The molecule has 4 heteroatoms. The topological polar surface area (TPSA) is 38.3 Å². The molecule has 0 bridgehead atoms. The maximum Gasteiger partial charge on any atom is 0.238 e. The van der Waals surface area contributed by atoms with Gasteiger partial charge in [0.2, 0.25) is 5.91 Å². The lowest BCUT2D eigenvalue weighted by atomic mass is 10.1. The number of thioether (sulfide) groups is 1. The minimum atomic E-state index is -0.0719. The number of para-hydroxylation sites is 2. The molecule has 0 radical (unpaired) electrons. The number of ether oxygens (including phenoxy) is 1. The first kappa shape index (κ1) is 13.1. The van der Waals surface area contributed by atoms with Gasteiger partial charge in [-0.05, 0) is 30.2 Å². The van der Waals surface area contributed by atoms with Crippen LogP contribution in [0.1, 0.15) is 5.56 Å². The second-order valence-corrected chi connectivity index (χ2v) is 5.85. The van der Waals surface area contributed by atoms with Gasteiger partial charge in [-0.25, -0.2) is 0 Å². The van der Waals surface area contributed by atoms with Crippen LogP contribution in [-0.4, -0.2) is 18.3 Å². The van der Waals surface area contributed by atoms with E-state index < -0.39 is 0 Å². The van der Waals surface area contributed by atoms with Crippen LogP contribution in [0.5, 0.6) is 5.75 Å². The zero-order valence-electron chi connectivity index (χ0n) is 11.1. The molecule has 1 heterocycles. The molecule has 0 saturated carbocycles. The lowest BCUT2D eigenvalue weighted by Gasteiger charge is -2.12. The summed E-state index contributed by atoms with van der Waals surface area (Å²) in [6, 6.07) is 15.6. The van der Waals surface area contributed by atoms with Crippen molar-refractivity contribution >= 4 is 23.4 Å². The van der Waals surface area contributed by atoms with E-state index in [2.05, 4.69) is 17.4 Å². The Hall–Kier alpha value is -1.94. The maximum absolute atomic E-state index is 12.4. The van der Waals surface area contributed by atoms with Gasteiger partial charge in [0.25, 0.3) is 0 Å². The van der Waals surface area contributed by atoms with E-state index in [0.29, 0.717) is 5.75 Å². The van der Waals surface area contributed by atoms with Crippen molar-refractivity contribution in [1.82, 2.24) is 0 Å². The third-order valence-electron chi connectivity index (χ3n) is 3.30. The van der Waals surface area contributed by atoms with Gasteiger partial charge in [0.15, 0.2) is 0 Å². The highest BCUT2D eigenvalue weighted by Gasteiger charge is 2.28. The third-order valence-corrected chi connectivity index (χ3v) is 4.62. The first-order valence-corrected chi connectivity index (χ1v) is 7.34. The van der Waals surface area contributed by atoms with Gasteiger partial charge in [-0.1, -0.05) is 30.3 Å². The van der Waals surface area contributed by atoms with E-state index in [1.54, 1.807) is 18.9 Å². The SMILES string of the molecule is COc1ccccc1NC(=O)C1Cc2ccccc2S1. The number of amides is 1. The van der Waals surface area contributed by atoms with E-state index >= 15 is 0 Å². The highest BCUT2D eigenvalue weighted by atomic mass is 32.2.